The van der Waals surface area contributed by atoms with Crippen molar-refractivity contribution in [3.8, 4) is 0 Å². The van der Waals surface area contributed by atoms with Gasteiger partial charge in [-0.25, -0.2) is 0 Å². The van der Waals surface area contributed by atoms with E-state index in [1.807, 2.05) is 0 Å². The van der Waals surface area contributed by atoms with Crippen LogP contribution in [-0.2, 0) is 16.5 Å². The number of nitro benzene ring substituents is 1. The molecule has 4 rings (SSSR count). The molecule has 1 aromatic heterocycles. The number of nitrogens with zero attached hydrogens (tertiary/aromatic N) is 1. The predicted molar refractivity (Wildman–Crippen MR) is 118 cm³/mol. The van der Waals surface area contributed by atoms with E-state index in [0.29, 0.717) is 16.3 Å². The number of fused-ring (bicyclic) bond motifs is 2. The van der Waals surface area contributed by atoms with Crippen molar-refractivity contribution >= 4 is 37.6 Å². The fourth-order valence-corrected chi connectivity index (χ4v) is 5.05. The van der Waals surface area contributed by atoms with Gasteiger partial charge in [0.25, 0.3) is 15.8 Å². The maximum atomic E-state index is 12.3. The molecule has 32 heavy (non-hydrogen) atoms. The third-order valence-electron chi connectivity index (χ3n) is 5.48. The Labute approximate surface area is 180 Å². The van der Waals surface area contributed by atoms with Gasteiger partial charge in [-0.1, -0.05) is 30.3 Å². The van der Waals surface area contributed by atoms with Crippen LogP contribution in [0.5, 0.6) is 0 Å². The number of rotatable bonds is 4. The van der Waals surface area contributed by atoms with Crippen LogP contribution in [0.15, 0.2) is 50.9 Å². The zero-order chi connectivity index (χ0) is 23.4. The van der Waals surface area contributed by atoms with Crippen molar-refractivity contribution in [1.82, 2.24) is 9.97 Å². The van der Waals surface area contributed by atoms with Gasteiger partial charge in [-0.05, 0) is 41.3 Å². The summed E-state index contributed by atoms with van der Waals surface area (Å²) in [5.41, 5.74) is -1.08. The lowest BCUT2D eigenvalue weighted by Gasteiger charge is -2.17. The zero-order valence-corrected chi connectivity index (χ0v) is 17.7. The summed E-state index contributed by atoms with van der Waals surface area (Å²) in [5.74, 6) is 0. The van der Waals surface area contributed by atoms with Crippen LogP contribution < -0.4 is 11.1 Å². The van der Waals surface area contributed by atoms with E-state index < -0.39 is 26.2 Å². The van der Waals surface area contributed by atoms with Crippen molar-refractivity contribution in [2.24, 2.45) is 0 Å². The van der Waals surface area contributed by atoms with E-state index >= 15 is 0 Å². The van der Waals surface area contributed by atoms with Crippen molar-refractivity contribution in [3.05, 3.63) is 89.5 Å². The van der Waals surface area contributed by atoms with E-state index in [9.17, 15) is 32.7 Å². The minimum absolute atomic E-state index is 0.0345. The lowest BCUT2D eigenvalue weighted by molar-refractivity contribution is -0.385. The summed E-state index contributed by atoms with van der Waals surface area (Å²) < 4.78 is 34.5. The Kier molecular flexibility index (Phi) is 4.94. The number of nitro groups is 1. The summed E-state index contributed by atoms with van der Waals surface area (Å²) in [6.07, 6.45) is -0.163. The number of nitrogens with one attached hydrogen (secondary N) is 2. The molecule has 10 nitrogen and oxygen atoms in total. The van der Waals surface area contributed by atoms with Gasteiger partial charge < -0.3 is 9.97 Å². The normalized spacial score (nSPS) is 11.8. The molecule has 0 aliphatic heterocycles. The number of hydrogen-bond acceptors (Lipinski definition) is 6. The molecule has 0 atom stereocenters. The van der Waals surface area contributed by atoms with Crippen molar-refractivity contribution in [1.29, 1.82) is 0 Å². The summed E-state index contributed by atoms with van der Waals surface area (Å²) >= 11 is 0. The standard InChI is InChI=1S/C21H17N3O7S/c1-10-7-12-5-3-4-6-13(12)15(19(10)32(29,30)31)8-14-11(2)17(24(27)28)9-16-18(14)23-21(26)20(25)22-16/h3-7,9H,8H2,1-2H3,(H,22,25)(H,23,26)(H,29,30,31). The third-order valence-corrected chi connectivity index (χ3v) is 6.56. The van der Waals surface area contributed by atoms with Crippen LogP contribution in [0.1, 0.15) is 22.3 Å². The third kappa shape index (κ3) is 3.47. The maximum absolute atomic E-state index is 12.3. The Morgan fingerprint density at radius 2 is 1.69 bits per heavy atom. The second-order valence-electron chi connectivity index (χ2n) is 7.46. The second kappa shape index (κ2) is 7.39. The summed E-state index contributed by atoms with van der Waals surface area (Å²) in [4.78, 5) is 39.2. The molecule has 0 unspecified atom stereocenters. The lowest BCUT2D eigenvalue weighted by atomic mass is 9.92. The summed E-state index contributed by atoms with van der Waals surface area (Å²) in [6, 6.07) is 9.69. The topological polar surface area (TPSA) is 163 Å². The van der Waals surface area contributed by atoms with Crippen molar-refractivity contribution < 1.29 is 17.9 Å². The minimum atomic E-state index is -4.65. The highest BCUT2D eigenvalue weighted by Gasteiger charge is 2.25. The Bertz CT molecular complexity index is 1670. The molecule has 0 saturated heterocycles. The molecular weight excluding hydrogens is 438 g/mol. The second-order valence-corrected chi connectivity index (χ2v) is 8.82. The Morgan fingerprint density at radius 3 is 2.34 bits per heavy atom. The molecule has 11 heteroatoms. The lowest BCUT2D eigenvalue weighted by Crippen LogP contribution is -2.29. The molecule has 0 bridgehead atoms. The van der Waals surface area contributed by atoms with Crippen LogP contribution in [0.4, 0.5) is 5.69 Å². The molecular formula is C21H17N3O7S. The first-order valence-corrected chi connectivity index (χ1v) is 10.8. The van der Waals surface area contributed by atoms with Gasteiger partial charge in [-0.15, -0.1) is 0 Å². The molecule has 0 aliphatic rings. The number of benzene rings is 3. The first kappa shape index (κ1) is 21.4. The summed E-state index contributed by atoms with van der Waals surface area (Å²) in [7, 11) is -4.65. The van der Waals surface area contributed by atoms with Gasteiger partial charge in [0.1, 0.15) is 4.90 Å². The molecule has 0 spiro atoms. The van der Waals surface area contributed by atoms with Gasteiger partial charge in [0.2, 0.25) is 0 Å². The molecule has 3 N–H and O–H groups in total. The predicted octanol–water partition coefficient (Wildman–Crippen LogP) is 2.73. The van der Waals surface area contributed by atoms with Crippen LogP contribution in [-0.4, -0.2) is 27.9 Å². The highest BCUT2D eigenvalue weighted by Crippen LogP contribution is 2.35. The smallest absolute Gasteiger partial charge is 0.314 e. The monoisotopic (exact) mass is 455 g/mol. The molecule has 164 valence electrons. The number of hydrogen-bond donors (Lipinski definition) is 3. The molecule has 4 aromatic rings. The molecule has 0 radical (unpaired) electrons. The minimum Gasteiger partial charge on any atom is -0.316 e. The van der Waals surface area contributed by atoms with E-state index in [-0.39, 0.29) is 44.7 Å². The van der Waals surface area contributed by atoms with E-state index in [1.54, 1.807) is 30.3 Å². The number of aryl methyl sites for hydroxylation is 1. The van der Waals surface area contributed by atoms with Crippen LogP contribution in [0, 0.1) is 24.0 Å². The summed E-state index contributed by atoms with van der Waals surface area (Å²) in [6.45, 7) is 3.01. The molecule has 0 aliphatic carbocycles. The van der Waals surface area contributed by atoms with E-state index in [0.717, 1.165) is 6.07 Å². The Balaban J connectivity index is 2.16. The Hall–Kier alpha value is -3.83. The van der Waals surface area contributed by atoms with E-state index in [4.69, 9.17) is 0 Å². The molecule has 1 heterocycles. The van der Waals surface area contributed by atoms with Gasteiger partial charge in [-0.3, -0.25) is 24.3 Å². The fourth-order valence-electron chi connectivity index (χ4n) is 4.09. The van der Waals surface area contributed by atoms with Crippen molar-refractivity contribution in [3.63, 3.8) is 0 Å². The van der Waals surface area contributed by atoms with Crippen molar-refractivity contribution in [2.45, 2.75) is 25.2 Å². The van der Waals surface area contributed by atoms with Gasteiger partial charge in [-0.2, -0.15) is 8.42 Å². The number of aromatic nitrogens is 2. The average molecular weight is 455 g/mol. The van der Waals surface area contributed by atoms with Crippen LogP contribution in [0.2, 0.25) is 0 Å². The molecule has 0 amide bonds. The summed E-state index contributed by atoms with van der Waals surface area (Å²) in [5, 5.41) is 12.9. The zero-order valence-electron chi connectivity index (χ0n) is 16.9. The van der Waals surface area contributed by atoms with Crippen LogP contribution in [0.3, 0.4) is 0 Å². The highest BCUT2D eigenvalue weighted by atomic mass is 32.2. The van der Waals surface area contributed by atoms with Crippen molar-refractivity contribution in [2.75, 3.05) is 0 Å². The first-order valence-electron chi connectivity index (χ1n) is 9.41. The largest absolute Gasteiger partial charge is 0.316 e. The molecule has 0 saturated carbocycles. The molecule has 3 aromatic carbocycles. The van der Waals surface area contributed by atoms with Gasteiger partial charge in [0.15, 0.2) is 0 Å². The quantitative estimate of drug-likeness (QED) is 0.184. The van der Waals surface area contributed by atoms with Crippen LogP contribution in [0.25, 0.3) is 21.8 Å². The first-order chi connectivity index (χ1) is 15.0. The fraction of sp³-hybridized carbons (Fsp3) is 0.143. The number of H-pyrrole nitrogens is 2. The maximum Gasteiger partial charge on any atom is 0.314 e. The highest BCUT2D eigenvalue weighted by molar-refractivity contribution is 7.86. The van der Waals surface area contributed by atoms with Crippen LogP contribution >= 0.6 is 0 Å². The van der Waals surface area contributed by atoms with Gasteiger partial charge in [0.05, 0.1) is 16.0 Å². The van der Waals surface area contributed by atoms with Gasteiger partial charge in [0, 0.05) is 18.1 Å². The van der Waals surface area contributed by atoms with Gasteiger partial charge >= 0.3 is 11.1 Å². The van der Waals surface area contributed by atoms with E-state index in [1.165, 1.54) is 13.8 Å². The average Bonchev–Trinajstić information content (AvgIpc) is 2.69. The number of aromatic amines is 2. The SMILES string of the molecule is Cc1cc2ccccc2c(Cc2c(C)c([N+](=O)[O-])cc3[nH]c(=O)c(=O)[nH]c23)c1S(=O)(=O)O. The van der Waals surface area contributed by atoms with E-state index in [2.05, 4.69) is 9.97 Å². The Morgan fingerprint density at radius 1 is 1.03 bits per heavy atom. The molecule has 0 fully saturated rings.